The van der Waals surface area contributed by atoms with Gasteiger partial charge in [-0.05, 0) is 26.8 Å². The zero-order chi connectivity index (χ0) is 14.6. The summed E-state index contributed by atoms with van der Waals surface area (Å²) in [6.07, 6.45) is 0. The van der Waals surface area contributed by atoms with Gasteiger partial charge in [0.2, 0.25) is 0 Å². The Hall–Kier alpha value is -1.33. The van der Waals surface area contributed by atoms with Crippen LogP contribution < -0.4 is 14.8 Å². The van der Waals surface area contributed by atoms with Gasteiger partial charge in [0.15, 0.2) is 11.5 Å². The van der Waals surface area contributed by atoms with E-state index in [1.165, 1.54) is 20.3 Å². The van der Waals surface area contributed by atoms with Crippen molar-refractivity contribution in [2.45, 2.75) is 32.4 Å². The molecule has 0 radical (unpaired) electrons. The number of halogens is 1. The van der Waals surface area contributed by atoms with Crippen molar-refractivity contribution in [1.82, 2.24) is 5.32 Å². The van der Waals surface area contributed by atoms with E-state index in [-0.39, 0.29) is 11.9 Å². The third-order valence-electron chi connectivity index (χ3n) is 2.81. The van der Waals surface area contributed by atoms with Crippen molar-refractivity contribution in [2.75, 3.05) is 20.8 Å². The molecule has 1 atom stereocenters. The van der Waals surface area contributed by atoms with E-state index >= 15 is 0 Å². The average Bonchev–Trinajstić information content (AvgIpc) is 2.34. The molecule has 0 saturated carbocycles. The topological polar surface area (TPSA) is 50.7 Å². The van der Waals surface area contributed by atoms with E-state index in [9.17, 15) is 9.50 Å². The number of methoxy groups -OCH3 is 2. The van der Waals surface area contributed by atoms with Crippen molar-refractivity contribution < 1.29 is 19.0 Å². The third kappa shape index (κ3) is 4.36. The Balaban J connectivity index is 2.93. The van der Waals surface area contributed by atoms with Crippen molar-refractivity contribution in [3.8, 4) is 11.5 Å². The van der Waals surface area contributed by atoms with Gasteiger partial charge in [0.05, 0.1) is 19.8 Å². The summed E-state index contributed by atoms with van der Waals surface area (Å²) in [5.74, 6) is 0.475. The monoisotopic (exact) mass is 271 g/mol. The highest BCUT2D eigenvalue weighted by molar-refractivity contribution is 5.44. The first-order valence-corrected chi connectivity index (χ1v) is 6.15. The van der Waals surface area contributed by atoms with Crippen molar-refractivity contribution in [3.05, 3.63) is 23.5 Å². The molecule has 1 rings (SSSR count). The molecule has 0 bridgehead atoms. The van der Waals surface area contributed by atoms with Crippen molar-refractivity contribution in [2.24, 2.45) is 0 Å². The summed E-state index contributed by atoms with van der Waals surface area (Å²) in [5.41, 5.74) is -0.372. The van der Waals surface area contributed by atoms with E-state index in [1.807, 2.05) is 6.92 Å². The van der Waals surface area contributed by atoms with Gasteiger partial charge in [-0.3, -0.25) is 0 Å². The molecule has 0 spiro atoms. The van der Waals surface area contributed by atoms with E-state index in [4.69, 9.17) is 9.47 Å². The highest BCUT2D eigenvalue weighted by Gasteiger charge is 2.19. The molecule has 0 aliphatic rings. The lowest BCUT2D eigenvalue weighted by atomic mass is 10.0. The number of nitrogens with one attached hydrogen (secondary N) is 1. The van der Waals surface area contributed by atoms with Gasteiger partial charge >= 0.3 is 0 Å². The molecule has 0 amide bonds. The zero-order valence-electron chi connectivity index (χ0n) is 12.1. The molecule has 1 aromatic rings. The summed E-state index contributed by atoms with van der Waals surface area (Å²) in [4.78, 5) is 0. The summed E-state index contributed by atoms with van der Waals surface area (Å²) in [5, 5.41) is 12.7. The summed E-state index contributed by atoms with van der Waals surface area (Å²) >= 11 is 0. The molecular formula is C14H22FNO3. The smallest absolute Gasteiger partial charge is 0.163 e. The highest BCUT2D eigenvalue weighted by Crippen LogP contribution is 2.32. The SMILES string of the molecule is COc1cc(F)c(C(C)NCC(C)(C)O)cc1OC. The minimum absolute atomic E-state index is 0.244. The van der Waals surface area contributed by atoms with Crippen LogP contribution in [0.4, 0.5) is 4.39 Å². The molecule has 0 heterocycles. The molecule has 0 aromatic heterocycles. The van der Waals surface area contributed by atoms with E-state index in [1.54, 1.807) is 19.9 Å². The molecule has 0 aliphatic carbocycles. The van der Waals surface area contributed by atoms with E-state index < -0.39 is 5.60 Å². The van der Waals surface area contributed by atoms with Crippen LogP contribution in [0.25, 0.3) is 0 Å². The number of ether oxygens (including phenoxy) is 2. The molecule has 5 heteroatoms. The first-order chi connectivity index (χ1) is 8.78. The predicted molar refractivity (Wildman–Crippen MR) is 72.2 cm³/mol. The second-order valence-electron chi connectivity index (χ2n) is 5.14. The normalized spacial score (nSPS) is 13.2. The van der Waals surface area contributed by atoms with Crippen LogP contribution in [0.3, 0.4) is 0 Å². The quantitative estimate of drug-likeness (QED) is 0.833. The van der Waals surface area contributed by atoms with Gasteiger partial charge in [-0.1, -0.05) is 0 Å². The van der Waals surface area contributed by atoms with Crippen molar-refractivity contribution in [3.63, 3.8) is 0 Å². The molecule has 0 saturated heterocycles. The molecule has 108 valence electrons. The second-order valence-corrected chi connectivity index (χ2v) is 5.14. The minimum Gasteiger partial charge on any atom is -0.493 e. The fourth-order valence-electron chi connectivity index (χ4n) is 1.71. The minimum atomic E-state index is -0.846. The van der Waals surface area contributed by atoms with E-state index in [0.717, 1.165) is 0 Å². The predicted octanol–water partition coefficient (Wildman–Crippen LogP) is 2.26. The molecule has 19 heavy (non-hydrogen) atoms. The standard InChI is InChI=1S/C14H22FNO3/c1-9(16-8-14(2,3)17)10-6-12(18-4)13(19-5)7-11(10)15/h6-7,9,16-17H,8H2,1-5H3. The highest BCUT2D eigenvalue weighted by atomic mass is 19.1. The molecule has 0 aliphatic heterocycles. The van der Waals surface area contributed by atoms with Gasteiger partial charge in [0.1, 0.15) is 5.82 Å². The fraction of sp³-hybridized carbons (Fsp3) is 0.571. The van der Waals surface area contributed by atoms with Crippen LogP contribution >= 0.6 is 0 Å². The Kier molecular flexibility index (Phi) is 5.14. The number of benzene rings is 1. The summed E-state index contributed by atoms with van der Waals surface area (Å²) in [7, 11) is 2.97. The van der Waals surface area contributed by atoms with E-state index in [2.05, 4.69) is 5.32 Å². The first kappa shape index (κ1) is 15.7. The average molecular weight is 271 g/mol. The lowest BCUT2D eigenvalue weighted by Crippen LogP contribution is -2.36. The molecule has 1 unspecified atom stereocenters. The first-order valence-electron chi connectivity index (χ1n) is 6.15. The van der Waals surface area contributed by atoms with Crippen LogP contribution in [0, 0.1) is 5.82 Å². The lowest BCUT2D eigenvalue weighted by molar-refractivity contribution is 0.0769. The van der Waals surface area contributed by atoms with Crippen LogP contribution in [-0.2, 0) is 0 Å². The zero-order valence-corrected chi connectivity index (χ0v) is 12.1. The second kappa shape index (κ2) is 6.21. The Morgan fingerprint density at radius 3 is 2.26 bits per heavy atom. The van der Waals surface area contributed by atoms with Gasteiger partial charge in [0, 0.05) is 24.2 Å². The molecule has 0 fully saturated rings. The molecular weight excluding hydrogens is 249 g/mol. The van der Waals surface area contributed by atoms with Gasteiger partial charge in [0.25, 0.3) is 0 Å². The lowest BCUT2D eigenvalue weighted by Gasteiger charge is -2.23. The Morgan fingerprint density at radius 2 is 1.79 bits per heavy atom. The number of hydrogen-bond acceptors (Lipinski definition) is 4. The molecule has 1 aromatic carbocycles. The van der Waals surface area contributed by atoms with Crippen LogP contribution in [0.5, 0.6) is 11.5 Å². The maximum absolute atomic E-state index is 14.0. The molecule has 2 N–H and O–H groups in total. The van der Waals surface area contributed by atoms with Crippen LogP contribution in [0.1, 0.15) is 32.4 Å². The fourth-order valence-corrected chi connectivity index (χ4v) is 1.71. The maximum Gasteiger partial charge on any atom is 0.163 e. The van der Waals surface area contributed by atoms with Gasteiger partial charge in [-0.15, -0.1) is 0 Å². The summed E-state index contributed by atoms with van der Waals surface area (Å²) in [6.45, 7) is 5.58. The number of aliphatic hydroxyl groups is 1. The Bertz CT molecular complexity index is 429. The van der Waals surface area contributed by atoms with Crippen LogP contribution in [0.15, 0.2) is 12.1 Å². The number of rotatable bonds is 6. The van der Waals surface area contributed by atoms with Crippen LogP contribution in [0.2, 0.25) is 0 Å². The van der Waals surface area contributed by atoms with Gasteiger partial charge in [-0.2, -0.15) is 0 Å². The largest absolute Gasteiger partial charge is 0.493 e. The Labute approximate surface area is 113 Å². The molecule has 4 nitrogen and oxygen atoms in total. The van der Waals surface area contributed by atoms with Gasteiger partial charge in [-0.25, -0.2) is 4.39 Å². The maximum atomic E-state index is 14.0. The summed E-state index contributed by atoms with van der Waals surface area (Å²) < 4.78 is 24.2. The third-order valence-corrected chi connectivity index (χ3v) is 2.81. The Morgan fingerprint density at radius 1 is 1.26 bits per heavy atom. The van der Waals surface area contributed by atoms with Crippen LogP contribution in [-0.4, -0.2) is 31.5 Å². The van der Waals surface area contributed by atoms with Crippen molar-refractivity contribution in [1.29, 1.82) is 0 Å². The number of hydrogen-bond donors (Lipinski definition) is 2. The summed E-state index contributed by atoms with van der Waals surface area (Å²) in [6, 6.07) is 2.67. The van der Waals surface area contributed by atoms with E-state index in [0.29, 0.717) is 23.6 Å². The van der Waals surface area contributed by atoms with Gasteiger partial charge < -0.3 is 19.9 Å². The van der Waals surface area contributed by atoms with Crippen molar-refractivity contribution >= 4 is 0 Å².